The van der Waals surface area contributed by atoms with Gasteiger partial charge in [0, 0.05) is 17.0 Å². The topological polar surface area (TPSA) is 20.2 Å². The van der Waals surface area contributed by atoms with E-state index >= 15 is 0 Å². The lowest BCUT2D eigenvalue weighted by atomic mass is 10.1. The first-order chi connectivity index (χ1) is 6.81. The van der Waals surface area contributed by atoms with Crippen LogP contribution in [0.25, 0.3) is 10.1 Å². The normalized spacial score (nSPS) is 13.3. The van der Waals surface area contributed by atoms with Gasteiger partial charge in [-0.15, -0.1) is 22.9 Å². The van der Waals surface area contributed by atoms with E-state index in [9.17, 15) is 5.11 Å². The molecule has 3 heteroatoms. The minimum Gasteiger partial charge on any atom is -0.392 e. The van der Waals surface area contributed by atoms with E-state index in [2.05, 4.69) is 17.5 Å². The van der Waals surface area contributed by atoms with Crippen molar-refractivity contribution in [2.24, 2.45) is 0 Å². The highest BCUT2D eigenvalue weighted by Gasteiger charge is 2.08. The molecular weight excluding hydrogens is 216 g/mol. The molecule has 0 aliphatic rings. The number of alkyl halides is 1. The largest absolute Gasteiger partial charge is 0.392 e. The first kappa shape index (κ1) is 9.97. The van der Waals surface area contributed by atoms with Crippen LogP contribution in [-0.4, -0.2) is 17.1 Å². The fourth-order valence-electron chi connectivity index (χ4n) is 1.50. The van der Waals surface area contributed by atoms with E-state index < -0.39 is 6.10 Å². The van der Waals surface area contributed by atoms with Gasteiger partial charge in [-0.2, -0.15) is 0 Å². The van der Waals surface area contributed by atoms with Crippen molar-refractivity contribution in [1.82, 2.24) is 0 Å². The summed E-state index contributed by atoms with van der Waals surface area (Å²) in [4.78, 5) is 0. The first-order valence-corrected chi connectivity index (χ1v) is 5.92. The molecular formula is C11H11ClOS. The predicted octanol–water partition coefficient (Wildman–Crippen LogP) is 3.04. The molecule has 14 heavy (non-hydrogen) atoms. The van der Waals surface area contributed by atoms with Gasteiger partial charge in [-0.25, -0.2) is 0 Å². The minimum absolute atomic E-state index is 0.296. The Bertz CT molecular complexity index is 424. The third kappa shape index (κ3) is 1.92. The lowest BCUT2D eigenvalue weighted by Gasteiger charge is -2.04. The predicted molar refractivity (Wildman–Crippen MR) is 62.3 cm³/mol. The molecule has 1 unspecified atom stereocenters. The zero-order valence-electron chi connectivity index (χ0n) is 7.61. The van der Waals surface area contributed by atoms with E-state index in [0.29, 0.717) is 12.3 Å². The Morgan fingerprint density at radius 2 is 2.14 bits per heavy atom. The Kier molecular flexibility index (Phi) is 3.06. The molecule has 1 atom stereocenters. The highest BCUT2D eigenvalue weighted by Crippen LogP contribution is 2.26. The summed E-state index contributed by atoms with van der Waals surface area (Å²) in [6.45, 7) is 0. The van der Waals surface area contributed by atoms with Gasteiger partial charge < -0.3 is 5.11 Å². The fraction of sp³-hybridized carbons (Fsp3) is 0.273. The molecule has 1 heterocycles. The summed E-state index contributed by atoms with van der Waals surface area (Å²) in [5.41, 5.74) is 1.19. The van der Waals surface area contributed by atoms with E-state index in [1.807, 2.05) is 12.1 Å². The molecule has 0 aliphatic heterocycles. The van der Waals surface area contributed by atoms with Gasteiger partial charge in [0.25, 0.3) is 0 Å². The first-order valence-electron chi connectivity index (χ1n) is 4.50. The van der Waals surface area contributed by atoms with Crippen LogP contribution in [0, 0.1) is 0 Å². The van der Waals surface area contributed by atoms with Crippen molar-refractivity contribution < 1.29 is 5.11 Å². The standard InChI is InChI=1S/C11H11ClOS/c12-6-9(13)5-8-7-14-11-4-2-1-3-10(8)11/h1-4,7,9,13H,5-6H2. The summed E-state index contributed by atoms with van der Waals surface area (Å²) in [5.74, 6) is 0.296. The van der Waals surface area contributed by atoms with Crippen LogP contribution in [0.2, 0.25) is 0 Å². The lowest BCUT2D eigenvalue weighted by Crippen LogP contribution is -2.11. The summed E-state index contributed by atoms with van der Waals surface area (Å²) in [6, 6.07) is 8.23. The summed E-state index contributed by atoms with van der Waals surface area (Å²) < 4.78 is 1.27. The molecule has 0 spiro atoms. The van der Waals surface area contributed by atoms with Gasteiger partial charge in [0.2, 0.25) is 0 Å². The maximum atomic E-state index is 9.46. The Balaban J connectivity index is 2.33. The maximum Gasteiger partial charge on any atom is 0.0716 e. The zero-order chi connectivity index (χ0) is 9.97. The Morgan fingerprint density at radius 1 is 1.36 bits per heavy atom. The number of benzene rings is 1. The van der Waals surface area contributed by atoms with Crippen LogP contribution in [0.3, 0.4) is 0 Å². The molecule has 0 bridgehead atoms. The summed E-state index contributed by atoms with van der Waals surface area (Å²) in [7, 11) is 0. The number of aliphatic hydroxyl groups excluding tert-OH is 1. The Morgan fingerprint density at radius 3 is 2.93 bits per heavy atom. The van der Waals surface area contributed by atoms with Gasteiger partial charge in [0.15, 0.2) is 0 Å². The van der Waals surface area contributed by atoms with Crippen LogP contribution in [0.1, 0.15) is 5.56 Å². The SMILES string of the molecule is OC(CCl)Cc1csc2ccccc12. The number of halogens is 1. The summed E-state index contributed by atoms with van der Waals surface area (Å²) >= 11 is 7.29. The number of aliphatic hydroxyl groups is 1. The van der Waals surface area contributed by atoms with Crippen molar-refractivity contribution in [1.29, 1.82) is 0 Å². The maximum absolute atomic E-state index is 9.46. The van der Waals surface area contributed by atoms with E-state index in [4.69, 9.17) is 11.6 Å². The quantitative estimate of drug-likeness (QED) is 0.798. The van der Waals surface area contributed by atoms with E-state index in [1.54, 1.807) is 11.3 Å². The molecule has 0 amide bonds. The van der Waals surface area contributed by atoms with Gasteiger partial charge in [-0.05, 0) is 22.4 Å². The van der Waals surface area contributed by atoms with E-state index in [0.717, 1.165) is 0 Å². The second-order valence-corrected chi connectivity index (χ2v) is 4.49. The molecule has 1 N–H and O–H groups in total. The van der Waals surface area contributed by atoms with E-state index in [1.165, 1.54) is 15.6 Å². The van der Waals surface area contributed by atoms with Gasteiger partial charge >= 0.3 is 0 Å². The molecule has 0 saturated heterocycles. The number of thiophene rings is 1. The lowest BCUT2D eigenvalue weighted by molar-refractivity contribution is 0.199. The fourth-order valence-corrected chi connectivity index (χ4v) is 2.58. The Hall–Kier alpha value is -0.570. The van der Waals surface area contributed by atoms with Crippen molar-refractivity contribution >= 4 is 33.0 Å². The second kappa shape index (κ2) is 4.30. The van der Waals surface area contributed by atoms with Crippen molar-refractivity contribution in [2.75, 3.05) is 5.88 Å². The number of fused-ring (bicyclic) bond motifs is 1. The van der Waals surface area contributed by atoms with Crippen LogP contribution < -0.4 is 0 Å². The third-order valence-corrected chi connectivity index (χ3v) is 3.56. The highest BCUT2D eigenvalue weighted by molar-refractivity contribution is 7.17. The molecule has 0 fully saturated rings. The van der Waals surface area contributed by atoms with Crippen LogP contribution in [0.5, 0.6) is 0 Å². The molecule has 2 aromatic rings. The number of hydrogen-bond donors (Lipinski definition) is 1. The Labute approximate surface area is 91.9 Å². The highest BCUT2D eigenvalue weighted by atomic mass is 35.5. The van der Waals surface area contributed by atoms with Crippen LogP contribution in [-0.2, 0) is 6.42 Å². The second-order valence-electron chi connectivity index (χ2n) is 3.27. The molecule has 74 valence electrons. The minimum atomic E-state index is -0.435. The van der Waals surface area contributed by atoms with Crippen LogP contribution >= 0.6 is 22.9 Å². The number of hydrogen-bond acceptors (Lipinski definition) is 2. The molecule has 1 aromatic carbocycles. The van der Waals surface area contributed by atoms with Crippen LogP contribution in [0.4, 0.5) is 0 Å². The van der Waals surface area contributed by atoms with E-state index in [-0.39, 0.29) is 0 Å². The van der Waals surface area contributed by atoms with Gasteiger partial charge in [0.1, 0.15) is 0 Å². The van der Waals surface area contributed by atoms with Gasteiger partial charge in [0.05, 0.1) is 6.10 Å². The molecule has 0 aliphatic carbocycles. The van der Waals surface area contributed by atoms with Gasteiger partial charge in [-0.1, -0.05) is 18.2 Å². The molecule has 2 rings (SSSR count). The summed E-state index contributed by atoms with van der Waals surface area (Å²) in [5, 5.41) is 12.8. The average molecular weight is 227 g/mol. The zero-order valence-corrected chi connectivity index (χ0v) is 9.18. The third-order valence-electron chi connectivity index (χ3n) is 2.19. The monoisotopic (exact) mass is 226 g/mol. The van der Waals surface area contributed by atoms with Crippen molar-refractivity contribution in [3.05, 3.63) is 35.2 Å². The smallest absolute Gasteiger partial charge is 0.0716 e. The number of rotatable bonds is 3. The van der Waals surface area contributed by atoms with Gasteiger partial charge in [-0.3, -0.25) is 0 Å². The molecule has 1 nitrogen and oxygen atoms in total. The van der Waals surface area contributed by atoms with Crippen LogP contribution in [0.15, 0.2) is 29.6 Å². The molecule has 1 aromatic heterocycles. The van der Waals surface area contributed by atoms with Crippen molar-refractivity contribution in [2.45, 2.75) is 12.5 Å². The molecule has 0 radical (unpaired) electrons. The summed E-state index contributed by atoms with van der Waals surface area (Å²) in [6.07, 6.45) is 0.211. The molecule has 0 saturated carbocycles. The average Bonchev–Trinajstić information content (AvgIpc) is 2.62. The van der Waals surface area contributed by atoms with Crippen molar-refractivity contribution in [3.8, 4) is 0 Å². The van der Waals surface area contributed by atoms with Crippen molar-refractivity contribution in [3.63, 3.8) is 0 Å².